The van der Waals surface area contributed by atoms with Gasteiger partial charge in [0.1, 0.15) is 5.75 Å². The van der Waals surface area contributed by atoms with Crippen LogP contribution in [-0.2, 0) is 19.6 Å². The highest BCUT2D eigenvalue weighted by molar-refractivity contribution is 8.00. The summed E-state index contributed by atoms with van der Waals surface area (Å²) in [5.74, 6) is 0.201. The number of anilines is 1. The fourth-order valence-electron chi connectivity index (χ4n) is 3.17. The Balaban J connectivity index is 1.82. The third-order valence-corrected chi connectivity index (χ3v) is 7.89. The minimum Gasteiger partial charge on any atom is -0.489 e. The molecule has 32 heavy (non-hydrogen) atoms. The van der Waals surface area contributed by atoms with Gasteiger partial charge < -0.3 is 14.8 Å². The van der Waals surface area contributed by atoms with Crippen LogP contribution in [-0.4, -0.2) is 56.3 Å². The van der Waals surface area contributed by atoms with Gasteiger partial charge in [-0.2, -0.15) is 4.31 Å². The van der Waals surface area contributed by atoms with Crippen molar-refractivity contribution < 1.29 is 22.7 Å². The molecule has 2 aromatic carbocycles. The first kappa shape index (κ1) is 24.6. The first-order valence-electron chi connectivity index (χ1n) is 10.6. The van der Waals surface area contributed by atoms with E-state index in [0.717, 1.165) is 10.5 Å². The van der Waals surface area contributed by atoms with Crippen molar-refractivity contribution in [3.63, 3.8) is 0 Å². The van der Waals surface area contributed by atoms with E-state index in [-0.39, 0.29) is 22.2 Å². The molecule has 1 N–H and O–H groups in total. The first-order chi connectivity index (χ1) is 15.2. The quantitative estimate of drug-likeness (QED) is 0.579. The molecule has 1 aliphatic rings. The zero-order valence-electron chi connectivity index (χ0n) is 18.8. The van der Waals surface area contributed by atoms with Gasteiger partial charge in [-0.15, -0.1) is 11.8 Å². The predicted octanol–water partition coefficient (Wildman–Crippen LogP) is 3.92. The number of rotatable bonds is 8. The molecule has 7 nitrogen and oxygen atoms in total. The third-order valence-electron chi connectivity index (χ3n) is 4.88. The molecule has 1 heterocycles. The van der Waals surface area contributed by atoms with Crippen molar-refractivity contribution >= 4 is 33.4 Å². The van der Waals surface area contributed by atoms with Crippen molar-refractivity contribution in [3.8, 4) is 5.75 Å². The molecule has 0 radical (unpaired) electrons. The number of benzene rings is 2. The van der Waals surface area contributed by atoms with E-state index in [0.29, 0.717) is 37.7 Å². The Morgan fingerprint density at radius 2 is 1.75 bits per heavy atom. The van der Waals surface area contributed by atoms with E-state index < -0.39 is 10.0 Å². The van der Waals surface area contributed by atoms with Gasteiger partial charge in [-0.3, -0.25) is 4.79 Å². The van der Waals surface area contributed by atoms with E-state index in [2.05, 4.69) is 5.32 Å². The summed E-state index contributed by atoms with van der Waals surface area (Å²) in [5, 5.41) is 2.49. The molecular weight excluding hydrogens is 448 g/mol. The highest BCUT2D eigenvalue weighted by atomic mass is 32.2. The van der Waals surface area contributed by atoms with E-state index in [1.54, 1.807) is 6.07 Å². The molecule has 0 saturated carbocycles. The summed E-state index contributed by atoms with van der Waals surface area (Å²) in [5.41, 5.74) is 1.50. The highest BCUT2D eigenvalue weighted by Crippen LogP contribution is 2.32. The van der Waals surface area contributed by atoms with Crippen LogP contribution < -0.4 is 10.1 Å². The van der Waals surface area contributed by atoms with Crippen LogP contribution in [0.2, 0.25) is 0 Å². The van der Waals surface area contributed by atoms with Gasteiger partial charge in [-0.1, -0.05) is 17.7 Å². The lowest BCUT2D eigenvalue weighted by molar-refractivity contribution is -0.115. The number of carbonyl (C=O) groups excluding carboxylic acids is 1. The number of morpholine rings is 1. The summed E-state index contributed by atoms with van der Waals surface area (Å²) in [6, 6.07) is 12.6. The zero-order valence-corrected chi connectivity index (χ0v) is 20.5. The van der Waals surface area contributed by atoms with Gasteiger partial charge in [0, 0.05) is 18.0 Å². The standard InChI is InChI=1S/C23H30N2O5S2/c1-16(2)30-22-10-9-20(32(27,28)25-11-13-29-14-12-25)15-21(22)24-23(26)18(4)31-19-7-5-17(3)6-8-19/h5-10,15-16,18H,11-14H2,1-4H3,(H,24,26)/t18-/m1/s1. The van der Waals surface area contributed by atoms with Crippen molar-refractivity contribution in [1.82, 2.24) is 4.31 Å². The molecule has 0 spiro atoms. The number of amides is 1. The number of aryl methyl sites for hydroxylation is 1. The SMILES string of the molecule is Cc1ccc(S[C@H](C)C(=O)Nc2cc(S(=O)(=O)N3CCOCC3)ccc2OC(C)C)cc1. The lowest BCUT2D eigenvalue weighted by Gasteiger charge is -2.26. The Morgan fingerprint density at radius 1 is 1.09 bits per heavy atom. The van der Waals surface area contributed by atoms with Crippen LogP contribution in [0.1, 0.15) is 26.3 Å². The zero-order chi connectivity index (χ0) is 23.3. The second-order valence-electron chi connectivity index (χ2n) is 7.90. The van der Waals surface area contributed by atoms with Crippen LogP contribution in [0, 0.1) is 6.92 Å². The van der Waals surface area contributed by atoms with Gasteiger partial charge in [0.05, 0.1) is 35.2 Å². The minimum atomic E-state index is -3.70. The summed E-state index contributed by atoms with van der Waals surface area (Å²) < 4.78 is 38.6. The van der Waals surface area contributed by atoms with Crippen LogP contribution in [0.15, 0.2) is 52.3 Å². The smallest absolute Gasteiger partial charge is 0.243 e. The summed E-state index contributed by atoms with van der Waals surface area (Å²) in [6.07, 6.45) is -0.133. The molecule has 0 unspecified atom stereocenters. The van der Waals surface area contributed by atoms with E-state index in [4.69, 9.17) is 9.47 Å². The molecular formula is C23H30N2O5S2. The fourth-order valence-corrected chi connectivity index (χ4v) is 5.47. The number of hydrogen-bond donors (Lipinski definition) is 1. The summed E-state index contributed by atoms with van der Waals surface area (Å²) in [4.78, 5) is 14.0. The molecule has 1 fully saturated rings. The Labute approximate surface area is 194 Å². The average Bonchev–Trinajstić information content (AvgIpc) is 2.76. The van der Waals surface area contributed by atoms with Crippen molar-refractivity contribution in [2.75, 3.05) is 31.6 Å². The van der Waals surface area contributed by atoms with Crippen LogP contribution in [0.4, 0.5) is 5.69 Å². The Morgan fingerprint density at radius 3 is 2.38 bits per heavy atom. The number of nitrogens with one attached hydrogen (secondary N) is 1. The van der Waals surface area contributed by atoms with E-state index in [1.807, 2.05) is 52.0 Å². The molecule has 3 rings (SSSR count). The highest BCUT2D eigenvalue weighted by Gasteiger charge is 2.28. The lowest BCUT2D eigenvalue weighted by Crippen LogP contribution is -2.40. The Bertz CT molecular complexity index is 1030. The first-order valence-corrected chi connectivity index (χ1v) is 12.9. The Hall–Kier alpha value is -2.07. The molecule has 1 aliphatic heterocycles. The molecule has 2 aromatic rings. The number of thioether (sulfide) groups is 1. The number of carbonyl (C=O) groups is 1. The van der Waals surface area contributed by atoms with Crippen molar-refractivity contribution in [2.45, 2.75) is 48.8 Å². The average molecular weight is 479 g/mol. The third kappa shape index (κ3) is 6.25. The fraction of sp³-hybridized carbons (Fsp3) is 0.435. The van der Waals surface area contributed by atoms with Crippen LogP contribution >= 0.6 is 11.8 Å². The molecule has 1 amide bonds. The molecule has 0 aromatic heterocycles. The van der Waals surface area contributed by atoms with Gasteiger partial charge in [-0.25, -0.2) is 8.42 Å². The Kier molecular flexibility index (Phi) is 8.21. The van der Waals surface area contributed by atoms with Crippen LogP contribution in [0.5, 0.6) is 5.75 Å². The summed E-state index contributed by atoms with van der Waals surface area (Å²) >= 11 is 1.44. The number of ether oxygens (including phenoxy) is 2. The monoisotopic (exact) mass is 478 g/mol. The van der Waals surface area contributed by atoms with Crippen LogP contribution in [0.25, 0.3) is 0 Å². The van der Waals surface area contributed by atoms with Gasteiger partial charge in [0.15, 0.2) is 0 Å². The number of hydrogen-bond acceptors (Lipinski definition) is 6. The molecule has 0 bridgehead atoms. The second-order valence-corrected chi connectivity index (χ2v) is 11.3. The van der Waals surface area contributed by atoms with Gasteiger partial charge >= 0.3 is 0 Å². The predicted molar refractivity (Wildman–Crippen MR) is 127 cm³/mol. The van der Waals surface area contributed by atoms with Crippen molar-refractivity contribution in [2.24, 2.45) is 0 Å². The lowest BCUT2D eigenvalue weighted by atomic mass is 10.2. The maximum Gasteiger partial charge on any atom is 0.243 e. The van der Waals surface area contributed by atoms with Crippen molar-refractivity contribution in [1.29, 1.82) is 0 Å². The molecule has 1 saturated heterocycles. The normalized spacial score (nSPS) is 16.0. The van der Waals surface area contributed by atoms with E-state index >= 15 is 0 Å². The number of nitrogens with zero attached hydrogens (tertiary/aromatic N) is 1. The number of sulfonamides is 1. The van der Waals surface area contributed by atoms with Gasteiger partial charge in [-0.05, 0) is 58.0 Å². The van der Waals surface area contributed by atoms with E-state index in [9.17, 15) is 13.2 Å². The van der Waals surface area contributed by atoms with Gasteiger partial charge in [0.25, 0.3) is 0 Å². The minimum absolute atomic E-state index is 0.115. The largest absolute Gasteiger partial charge is 0.489 e. The topological polar surface area (TPSA) is 84.9 Å². The van der Waals surface area contributed by atoms with Gasteiger partial charge in [0.2, 0.25) is 15.9 Å². The molecule has 1 atom stereocenters. The summed E-state index contributed by atoms with van der Waals surface area (Å²) in [6.45, 7) is 8.92. The maximum absolute atomic E-state index is 13.1. The van der Waals surface area contributed by atoms with E-state index in [1.165, 1.54) is 28.2 Å². The maximum atomic E-state index is 13.1. The van der Waals surface area contributed by atoms with Crippen LogP contribution in [0.3, 0.4) is 0 Å². The molecule has 174 valence electrons. The van der Waals surface area contributed by atoms with Crippen molar-refractivity contribution in [3.05, 3.63) is 48.0 Å². The molecule has 0 aliphatic carbocycles. The second kappa shape index (κ2) is 10.7. The summed E-state index contributed by atoms with van der Waals surface area (Å²) in [7, 11) is -3.70. The molecule has 9 heteroatoms.